The van der Waals surface area contributed by atoms with Gasteiger partial charge < -0.3 is 0 Å². The minimum Gasteiger partial charge on any atom is -0.293 e. The van der Waals surface area contributed by atoms with E-state index in [9.17, 15) is 14.4 Å². The second-order valence-electron chi connectivity index (χ2n) is 11.1. The molecule has 0 unspecified atom stereocenters. The van der Waals surface area contributed by atoms with Crippen LogP contribution in [-0.2, 0) is 16.6 Å². The third-order valence-corrected chi connectivity index (χ3v) is 8.56. The molecule has 3 atom stereocenters. The fraction of sp³-hybridized carbons (Fsp3) is 0.303. The fourth-order valence-electron chi connectivity index (χ4n) is 6.75. The molecule has 0 bridgehead atoms. The summed E-state index contributed by atoms with van der Waals surface area (Å²) >= 11 is 0. The molecule has 2 aliphatic carbocycles. The third kappa shape index (κ3) is 4.15. The van der Waals surface area contributed by atoms with Crippen molar-refractivity contribution in [1.29, 1.82) is 5.26 Å². The van der Waals surface area contributed by atoms with Crippen LogP contribution in [0.5, 0.6) is 0 Å². The highest BCUT2D eigenvalue weighted by Gasteiger charge is 2.51. The SMILES string of the molecule is CCC[C@H]1C(=O)C(C#N)=C[C@@]2(C)c3c(c(-c4ccc(F)cc4)nn3-c3ccc(-c4cnnc(C)c4)cc3)CC[C@H]12. The summed E-state index contributed by atoms with van der Waals surface area (Å²) in [6, 6.07) is 18.8. The predicted molar refractivity (Wildman–Crippen MR) is 151 cm³/mol. The molecule has 2 aliphatic rings. The Balaban J connectivity index is 1.56. The highest BCUT2D eigenvalue weighted by atomic mass is 19.1. The maximum Gasteiger partial charge on any atom is 0.176 e. The van der Waals surface area contributed by atoms with Gasteiger partial charge in [-0.1, -0.05) is 38.5 Å². The average Bonchev–Trinajstić information content (AvgIpc) is 3.36. The lowest BCUT2D eigenvalue weighted by Gasteiger charge is -2.46. The van der Waals surface area contributed by atoms with Gasteiger partial charge in [0.25, 0.3) is 0 Å². The van der Waals surface area contributed by atoms with Crippen LogP contribution < -0.4 is 0 Å². The van der Waals surface area contributed by atoms with Gasteiger partial charge in [-0.25, -0.2) is 9.07 Å². The number of halogens is 1. The largest absolute Gasteiger partial charge is 0.293 e. The molecule has 0 fully saturated rings. The molecule has 4 aromatic rings. The Hall–Kier alpha value is -4.44. The van der Waals surface area contributed by atoms with Crippen molar-refractivity contribution in [1.82, 2.24) is 20.0 Å². The number of benzene rings is 2. The number of allylic oxidation sites excluding steroid dienone is 2. The van der Waals surface area contributed by atoms with E-state index in [4.69, 9.17) is 5.10 Å². The van der Waals surface area contributed by atoms with Crippen molar-refractivity contribution < 1.29 is 9.18 Å². The number of hydrogen-bond acceptors (Lipinski definition) is 5. The number of hydrogen-bond donors (Lipinski definition) is 0. The van der Waals surface area contributed by atoms with Crippen LogP contribution in [0.2, 0.25) is 0 Å². The molecule has 0 saturated carbocycles. The van der Waals surface area contributed by atoms with Crippen LogP contribution in [0.25, 0.3) is 28.1 Å². The molecule has 6 rings (SSSR count). The van der Waals surface area contributed by atoms with E-state index in [0.29, 0.717) is 0 Å². The molecule has 0 radical (unpaired) electrons. The van der Waals surface area contributed by atoms with E-state index in [2.05, 4.69) is 30.1 Å². The molecule has 2 heterocycles. The van der Waals surface area contributed by atoms with E-state index >= 15 is 0 Å². The second-order valence-corrected chi connectivity index (χ2v) is 11.1. The lowest BCUT2D eigenvalue weighted by Crippen LogP contribution is -2.47. The van der Waals surface area contributed by atoms with Crippen molar-refractivity contribution in [2.24, 2.45) is 11.8 Å². The number of Topliss-reactive ketones (excluding diaryl/α,β-unsaturated/α-hetero) is 1. The molecule has 0 spiro atoms. The number of ketones is 1. The number of aromatic nitrogens is 4. The van der Waals surface area contributed by atoms with E-state index in [1.54, 1.807) is 18.3 Å². The molecule has 7 heteroatoms. The van der Waals surface area contributed by atoms with Crippen LogP contribution in [0.15, 0.2) is 72.4 Å². The van der Waals surface area contributed by atoms with Gasteiger partial charge in [-0.05, 0) is 80.1 Å². The van der Waals surface area contributed by atoms with Gasteiger partial charge in [-0.15, -0.1) is 0 Å². The van der Waals surface area contributed by atoms with Gasteiger partial charge in [0.05, 0.1) is 34.5 Å². The van der Waals surface area contributed by atoms with Gasteiger partial charge in [-0.3, -0.25) is 4.79 Å². The van der Waals surface area contributed by atoms with Crippen molar-refractivity contribution in [2.75, 3.05) is 0 Å². The van der Waals surface area contributed by atoms with E-state index in [1.165, 1.54) is 12.1 Å². The molecule has 2 aromatic carbocycles. The summed E-state index contributed by atoms with van der Waals surface area (Å²) < 4.78 is 15.8. The molecule has 0 amide bonds. The van der Waals surface area contributed by atoms with Gasteiger partial charge >= 0.3 is 0 Å². The van der Waals surface area contributed by atoms with E-state index in [0.717, 1.165) is 70.7 Å². The normalized spacial score (nSPS) is 21.8. The summed E-state index contributed by atoms with van der Waals surface area (Å²) in [5.41, 5.74) is 7.13. The van der Waals surface area contributed by atoms with E-state index in [-0.39, 0.29) is 29.0 Å². The summed E-state index contributed by atoms with van der Waals surface area (Å²) in [5, 5.41) is 23.2. The van der Waals surface area contributed by atoms with Crippen LogP contribution >= 0.6 is 0 Å². The van der Waals surface area contributed by atoms with E-state index in [1.807, 2.05) is 48.0 Å². The molecule has 0 saturated heterocycles. The van der Waals surface area contributed by atoms with Gasteiger partial charge in [0.15, 0.2) is 5.78 Å². The van der Waals surface area contributed by atoms with Crippen molar-refractivity contribution in [2.45, 2.75) is 51.9 Å². The number of fused-ring (bicyclic) bond motifs is 3. The van der Waals surface area contributed by atoms with Gasteiger partial charge in [-0.2, -0.15) is 20.6 Å². The van der Waals surface area contributed by atoms with Crippen molar-refractivity contribution in [3.63, 3.8) is 0 Å². The topological polar surface area (TPSA) is 84.5 Å². The number of carbonyl (C=O) groups is 1. The first-order valence-corrected chi connectivity index (χ1v) is 13.8. The number of rotatable bonds is 5. The molecule has 0 aliphatic heterocycles. The Labute approximate surface area is 233 Å². The number of aryl methyl sites for hydroxylation is 1. The highest BCUT2D eigenvalue weighted by Crippen LogP contribution is 2.53. The Bertz CT molecular complexity index is 1680. The van der Waals surface area contributed by atoms with Crippen LogP contribution in [-0.4, -0.2) is 25.8 Å². The predicted octanol–water partition coefficient (Wildman–Crippen LogP) is 6.71. The maximum absolute atomic E-state index is 13.8. The number of carbonyl (C=O) groups excluding carboxylic acids is 1. The molecule has 40 heavy (non-hydrogen) atoms. The minimum atomic E-state index is -0.567. The molecule has 0 N–H and O–H groups in total. The standard InChI is InChI=1S/C33H30FN5O/c1-4-5-27-29-15-14-28-30(22-6-10-25(34)11-7-22)38-39(32(28)33(29,3)17-24(18-35)31(27)40)26-12-8-21(9-13-26)23-16-20(2)37-36-19-23/h6-13,16-17,19,27,29H,4-5,14-15H2,1-3H3/t27-,29-,33-/m1/s1. The van der Waals surface area contributed by atoms with Crippen LogP contribution in [0.1, 0.15) is 50.1 Å². The van der Waals surface area contributed by atoms with Gasteiger partial charge in [0.1, 0.15) is 11.9 Å². The van der Waals surface area contributed by atoms with Crippen LogP contribution in [0.4, 0.5) is 4.39 Å². The van der Waals surface area contributed by atoms with Gasteiger partial charge in [0.2, 0.25) is 0 Å². The van der Waals surface area contributed by atoms with Crippen molar-refractivity contribution in [3.05, 3.63) is 95.2 Å². The fourth-order valence-corrected chi connectivity index (χ4v) is 6.75. The second kappa shape index (κ2) is 9.95. The van der Waals surface area contributed by atoms with Crippen molar-refractivity contribution >= 4 is 5.78 Å². The maximum atomic E-state index is 13.8. The monoisotopic (exact) mass is 531 g/mol. The first-order valence-electron chi connectivity index (χ1n) is 13.8. The summed E-state index contributed by atoms with van der Waals surface area (Å²) in [5.74, 6) is -0.475. The van der Waals surface area contributed by atoms with Crippen LogP contribution in [0.3, 0.4) is 0 Å². The first kappa shape index (κ1) is 25.8. The average molecular weight is 532 g/mol. The molecule has 2 aromatic heterocycles. The molecule has 6 nitrogen and oxygen atoms in total. The number of nitrogens with zero attached hydrogens (tertiary/aromatic N) is 5. The van der Waals surface area contributed by atoms with Crippen LogP contribution in [0, 0.1) is 35.9 Å². The Morgan fingerprint density at radius 2 is 1.82 bits per heavy atom. The smallest absolute Gasteiger partial charge is 0.176 e. The summed E-state index contributed by atoms with van der Waals surface area (Å²) in [6.45, 7) is 6.15. The summed E-state index contributed by atoms with van der Waals surface area (Å²) in [6.07, 6.45) is 6.83. The highest BCUT2D eigenvalue weighted by molar-refractivity contribution is 6.02. The Kier molecular flexibility index (Phi) is 6.42. The van der Waals surface area contributed by atoms with Crippen molar-refractivity contribution in [3.8, 4) is 34.1 Å². The third-order valence-electron chi connectivity index (χ3n) is 8.56. The molecular weight excluding hydrogens is 501 g/mol. The summed E-state index contributed by atoms with van der Waals surface area (Å²) in [7, 11) is 0. The zero-order chi connectivity index (χ0) is 28.0. The lowest BCUT2D eigenvalue weighted by molar-refractivity contribution is -0.122. The number of nitriles is 1. The Morgan fingerprint density at radius 3 is 2.50 bits per heavy atom. The quantitative estimate of drug-likeness (QED) is 0.286. The first-order chi connectivity index (χ1) is 19.3. The zero-order valence-corrected chi connectivity index (χ0v) is 22.9. The zero-order valence-electron chi connectivity index (χ0n) is 22.9. The Morgan fingerprint density at radius 1 is 1.10 bits per heavy atom. The molecule has 200 valence electrons. The molecular formula is C33H30FN5O. The minimum absolute atomic E-state index is 0.0364. The lowest BCUT2D eigenvalue weighted by atomic mass is 9.56. The van der Waals surface area contributed by atoms with E-state index < -0.39 is 5.41 Å². The van der Waals surface area contributed by atoms with Gasteiger partial charge in [0, 0.05) is 28.0 Å². The summed E-state index contributed by atoms with van der Waals surface area (Å²) in [4.78, 5) is 13.3.